The molecule has 1 aromatic carbocycles. The SMILES string of the molecule is CCOC(=O)Cc1cc(OC(C)=O)c(C2(Cl)CCCCC2)c([N+](=O)[O-])c1. The molecule has 0 aromatic heterocycles. The quantitative estimate of drug-likeness (QED) is 0.242. The molecule has 26 heavy (non-hydrogen) atoms. The second-order valence-electron chi connectivity index (χ2n) is 6.35. The fourth-order valence-corrected chi connectivity index (χ4v) is 3.79. The average Bonchev–Trinajstić information content (AvgIpc) is 2.54. The third-order valence-corrected chi connectivity index (χ3v) is 4.91. The van der Waals surface area contributed by atoms with Crippen LogP contribution in [-0.2, 0) is 25.6 Å². The third-order valence-electron chi connectivity index (χ3n) is 4.34. The maximum Gasteiger partial charge on any atom is 0.310 e. The summed E-state index contributed by atoms with van der Waals surface area (Å²) >= 11 is 6.76. The van der Waals surface area contributed by atoms with E-state index in [2.05, 4.69) is 0 Å². The first-order valence-electron chi connectivity index (χ1n) is 8.61. The fourth-order valence-electron chi connectivity index (χ4n) is 3.33. The molecule has 0 spiro atoms. The molecule has 1 fully saturated rings. The molecule has 0 unspecified atom stereocenters. The Morgan fingerprint density at radius 3 is 2.46 bits per heavy atom. The van der Waals surface area contributed by atoms with Crippen LogP contribution in [0.15, 0.2) is 12.1 Å². The maximum atomic E-state index is 11.8. The van der Waals surface area contributed by atoms with Crippen LogP contribution in [0.3, 0.4) is 0 Å². The molecule has 1 aliphatic rings. The van der Waals surface area contributed by atoms with E-state index in [9.17, 15) is 19.7 Å². The molecule has 0 radical (unpaired) electrons. The van der Waals surface area contributed by atoms with Crippen molar-refractivity contribution in [1.29, 1.82) is 0 Å². The van der Waals surface area contributed by atoms with Gasteiger partial charge in [0.15, 0.2) is 0 Å². The predicted octanol–water partition coefficient (Wildman–Crippen LogP) is 4.02. The van der Waals surface area contributed by atoms with Crippen LogP contribution in [0.2, 0.25) is 0 Å². The molecule has 0 N–H and O–H groups in total. The number of carbonyl (C=O) groups excluding carboxylic acids is 2. The number of ether oxygens (including phenoxy) is 2. The van der Waals surface area contributed by atoms with Crippen LogP contribution in [0, 0.1) is 10.1 Å². The van der Waals surface area contributed by atoms with E-state index in [1.54, 1.807) is 6.92 Å². The molecule has 0 bridgehead atoms. The molecule has 2 rings (SSSR count). The highest BCUT2D eigenvalue weighted by Gasteiger charge is 2.41. The molecule has 8 heteroatoms. The summed E-state index contributed by atoms with van der Waals surface area (Å²) in [6, 6.07) is 2.79. The van der Waals surface area contributed by atoms with E-state index in [1.807, 2.05) is 0 Å². The summed E-state index contributed by atoms with van der Waals surface area (Å²) in [7, 11) is 0. The van der Waals surface area contributed by atoms with E-state index < -0.39 is 21.7 Å². The number of benzene rings is 1. The van der Waals surface area contributed by atoms with E-state index in [1.165, 1.54) is 19.1 Å². The van der Waals surface area contributed by atoms with Gasteiger partial charge in [-0.2, -0.15) is 0 Å². The lowest BCUT2D eigenvalue weighted by atomic mass is 9.81. The number of nitro benzene ring substituents is 1. The van der Waals surface area contributed by atoms with Gasteiger partial charge in [0, 0.05) is 13.0 Å². The molecule has 142 valence electrons. The average molecular weight is 384 g/mol. The molecule has 1 aliphatic carbocycles. The van der Waals surface area contributed by atoms with Crippen molar-refractivity contribution in [2.45, 2.75) is 57.2 Å². The lowest BCUT2D eigenvalue weighted by Gasteiger charge is -2.32. The Labute approximate surface area is 156 Å². The topological polar surface area (TPSA) is 95.7 Å². The number of esters is 2. The molecule has 0 saturated heterocycles. The molecule has 0 aliphatic heterocycles. The smallest absolute Gasteiger partial charge is 0.310 e. The van der Waals surface area contributed by atoms with Crippen LogP contribution in [-0.4, -0.2) is 23.5 Å². The number of hydrogen-bond acceptors (Lipinski definition) is 6. The van der Waals surface area contributed by atoms with Crippen LogP contribution in [0.4, 0.5) is 5.69 Å². The minimum atomic E-state index is -0.964. The lowest BCUT2D eigenvalue weighted by molar-refractivity contribution is -0.386. The van der Waals surface area contributed by atoms with Crippen molar-refractivity contribution >= 4 is 29.2 Å². The van der Waals surface area contributed by atoms with Gasteiger partial charge in [-0.15, -0.1) is 11.6 Å². The summed E-state index contributed by atoms with van der Waals surface area (Å²) in [6.07, 6.45) is 3.64. The first-order valence-corrected chi connectivity index (χ1v) is 8.99. The van der Waals surface area contributed by atoms with Gasteiger partial charge in [0.25, 0.3) is 5.69 Å². The number of rotatable bonds is 6. The second-order valence-corrected chi connectivity index (χ2v) is 7.07. The highest BCUT2D eigenvalue weighted by molar-refractivity contribution is 6.24. The van der Waals surface area contributed by atoms with E-state index in [0.717, 1.165) is 19.3 Å². The van der Waals surface area contributed by atoms with Crippen molar-refractivity contribution in [3.63, 3.8) is 0 Å². The zero-order valence-corrected chi connectivity index (χ0v) is 15.6. The molecular formula is C18H22ClNO6. The molecule has 1 aromatic rings. The first-order chi connectivity index (χ1) is 12.3. The molecule has 1 saturated carbocycles. The second kappa shape index (κ2) is 8.49. The Bertz CT molecular complexity index is 712. The number of nitrogens with zero attached hydrogens (tertiary/aromatic N) is 1. The lowest BCUT2D eigenvalue weighted by Crippen LogP contribution is -2.25. The van der Waals surface area contributed by atoms with Gasteiger partial charge < -0.3 is 9.47 Å². The summed E-state index contributed by atoms with van der Waals surface area (Å²) in [5.41, 5.74) is 0.317. The standard InChI is InChI=1S/C18H22ClNO6/c1-3-25-16(22)11-13-9-14(20(23)24)17(15(10-13)26-12(2)21)18(19)7-5-4-6-8-18/h9-10H,3-8,11H2,1-2H3. The molecule has 0 heterocycles. The van der Waals surface area contributed by atoms with E-state index in [0.29, 0.717) is 18.4 Å². The Morgan fingerprint density at radius 1 is 1.27 bits per heavy atom. The van der Waals surface area contributed by atoms with Gasteiger partial charge in [0.05, 0.1) is 28.4 Å². The van der Waals surface area contributed by atoms with Crippen molar-refractivity contribution in [2.75, 3.05) is 6.61 Å². The minimum absolute atomic E-state index is 0.0444. The number of nitro groups is 1. The van der Waals surface area contributed by atoms with Crippen molar-refractivity contribution in [3.8, 4) is 5.75 Å². The zero-order chi connectivity index (χ0) is 19.3. The Kier molecular flexibility index (Phi) is 6.58. The maximum absolute atomic E-state index is 11.8. The van der Waals surface area contributed by atoms with Crippen LogP contribution < -0.4 is 4.74 Å². The van der Waals surface area contributed by atoms with Gasteiger partial charge in [0.1, 0.15) is 5.75 Å². The van der Waals surface area contributed by atoms with Crippen LogP contribution >= 0.6 is 11.6 Å². The van der Waals surface area contributed by atoms with Crippen molar-refractivity contribution < 1.29 is 24.0 Å². The molecule has 7 nitrogen and oxygen atoms in total. The van der Waals surface area contributed by atoms with Gasteiger partial charge in [-0.05, 0) is 31.4 Å². The largest absolute Gasteiger partial charge is 0.466 e. The number of carbonyl (C=O) groups is 2. The molecule has 0 atom stereocenters. The van der Waals surface area contributed by atoms with Gasteiger partial charge in [0.2, 0.25) is 0 Å². The normalized spacial score (nSPS) is 16.0. The summed E-state index contributed by atoms with van der Waals surface area (Å²) in [4.78, 5) is 33.5. The first kappa shape index (κ1) is 20.2. The third kappa shape index (κ3) is 4.72. The van der Waals surface area contributed by atoms with Crippen LogP contribution in [0.1, 0.15) is 57.1 Å². The Balaban J connectivity index is 2.57. The highest BCUT2D eigenvalue weighted by atomic mass is 35.5. The fraction of sp³-hybridized carbons (Fsp3) is 0.556. The van der Waals surface area contributed by atoms with E-state index in [-0.39, 0.29) is 30.0 Å². The van der Waals surface area contributed by atoms with Gasteiger partial charge in [-0.25, -0.2) is 0 Å². The molecular weight excluding hydrogens is 362 g/mol. The highest BCUT2D eigenvalue weighted by Crippen LogP contribution is 2.50. The summed E-state index contributed by atoms with van der Waals surface area (Å²) in [5.74, 6) is -1.07. The van der Waals surface area contributed by atoms with E-state index >= 15 is 0 Å². The number of halogens is 1. The zero-order valence-electron chi connectivity index (χ0n) is 14.9. The van der Waals surface area contributed by atoms with Crippen molar-refractivity contribution in [3.05, 3.63) is 33.4 Å². The minimum Gasteiger partial charge on any atom is -0.466 e. The Hall–Kier alpha value is -2.15. The number of hydrogen-bond donors (Lipinski definition) is 0. The van der Waals surface area contributed by atoms with Crippen molar-refractivity contribution in [1.82, 2.24) is 0 Å². The summed E-state index contributed by atoms with van der Waals surface area (Å²) in [5, 5.41) is 11.7. The van der Waals surface area contributed by atoms with Crippen molar-refractivity contribution in [2.24, 2.45) is 0 Å². The number of alkyl halides is 1. The van der Waals surface area contributed by atoms with Crippen LogP contribution in [0.5, 0.6) is 5.75 Å². The monoisotopic (exact) mass is 383 g/mol. The predicted molar refractivity (Wildman–Crippen MR) is 95.4 cm³/mol. The van der Waals surface area contributed by atoms with Gasteiger partial charge in [-0.1, -0.05) is 19.3 Å². The van der Waals surface area contributed by atoms with Crippen LogP contribution in [0.25, 0.3) is 0 Å². The summed E-state index contributed by atoms with van der Waals surface area (Å²) in [6.45, 7) is 3.10. The van der Waals surface area contributed by atoms with Gasteiger partial charge >= 0.3 is 11.9 Å². The van der Waals surface area contributed by atoms with Gasteiger partial charge in [-0.3, -0.25) is 19.7 Å². The summed E-state index contributed by atoms with van der Waals surface area (Å²) < 4.78 is 10.1. The molecule has 0 amide bonds. The Morgan fingerprint density at radius 2 is 1.92 bits per heavy atom. The van der Waals surface area contributed by atoms with E-state index in [4.69, 9.17) is 21.1 Å².